The van der Waals surface area contributed by atoms with E-state index in [-0.39, 0.29) is 11.5 Å². The van der Waals surface area contributed by atoms with Crippen molar-refractivity contribution in [1.82, 2.24) is 9.88 Å². The summed E-state index contributed by atoms with van der Waals surface area (Å²) in [7, 11) is 1.77. The molecule has 2 aromatic rings. The zero-order valence-electron chi connectivity index (χ0n) is 14.3. The number of aromatic nitrogens is 1. The molecule has 1 aliphatic rings. The molecule has 0 radical (unpaired) electrons. The number of thiazole rings is 1. The third-order valence-electron chi connectivity index (χ3n) is 4.88. The summed E-state index contributed by atoms with van der Waals surface area (Å²) < 4.78 is 5.88. The van der Waals surface area contributed by atoms with E-state index < -0.39 is 0 Å². The van der Waals surface area contributed by atoms with Gasteiger partial charge in [-0.05, 0) is 31.7 Å². The highest BCUT2D eigenvalue weighted by Gasteiger charge is 2.37. The number of piperidine rings is 1. The van der Waals surface area contributed by atoms with E-state index in [1.807, 2.05) is 35.4 Å². The lowest BCUT2D eigenvalue weighted by molar-refractivity contribution is -0.137. The van der Waals surface area contributed by atoms with Crippen molar-refractivity contribution in [1.29, 1.82) is 0 Å². The number of benzene rings is 1. The standard InChI is InChI=1S/C19H24N2O2S/c1-15-20-17(14-24-15)8-9-18(22)21-12-10-19(23-2,11-13-21)16-6-4-3-5-7-16/h3-7,14H,8-13H2,1-2H3. The number of aryl methyl sites for hydroxylation is 2. The number of nitrogens with zero attached hydrogens (tertiary/aromatic N) is 2. The molecule has 2 heterocycles. The van der Waals surface area contributed by atoms with Gasteiger partial charge in [-0.15, -0.1) is 11.3 Å². The highest BCUT2D eigenvalue weighted by Crippen LogP contribution is 2.36. The summed E-state index contributed by atoms with van der Waals surface area (Å²) in [5.74, 6) is 0.221. The number of carbonyl (C=O) groups excluding carboxylic acids is 1. The fraction of sp³-hybridized carbons (Fsp3) is 0.474. The molecule has 1 aromatic heterocycles. The van der Waals surface area contributed by atoms with E-state index in [2.05, 4.69) is 17.1 Å². The Labute approximate surface area is 147 Å². The second-order valence-corrected chi connectivity index (χ2v) is 7.37. The average Bonchev–Trinajstić information content (AvgIpc) is 3.06. The van der Waals surface area contributed by atoms with Crippen LogP contribution in [0.25, 0.3) is 0 Å². The van der Waals surface area contributed by atoms with Gasteiger partial charge >= 0.3 is 0 Å². The van der Waals surface area contributed by atoms with Crippen LogP contribution >= 0.6 is 11.3 Å². The first-order valence-electron chi connectivity index (χ1n) is 8.42. The average molecular weight is 344 g/mol. The van der Waals surface area contributed by atoms with Gasteiger partial charge in [-0.2, -0.15) is 0 Å². The van der Waals surface area contributed by atoms with Gasteiger partial charge in [0, 0.05) is 32.0 Å². The summed E-state index contributed by atoms with van der Waals surface area (Å²) in [6.45, 7) is 3.49. The molecule has 3 rings (SSSR count). The minimum Gasteiger partial charge on any atom is -0.373 e. The van der Waals surface area contributed by atoms with E-state index in [1.165, 1.54) is 5.56 Å². The van der Waals surface area contributed by atoms with Crippen molar-refractivity contribution < 1.29 is 9.53 Å². The smallest absolute Gasteiger partial charge is 0.222 e. The molecule has 0 N–H and O–H groups in total. The lowest BCUT2D eigenvalue weighted by Crippen LogP contribution is -2.46. The van der Waals surface area contributed by atoms with E-state index in [9.17, 15) is 4.79 Å². The molecule has 128 valence electrons. The van der Waals surface area contributed by atoms with Crippen molar-refractivity contribution in [2.75, 3.05) is 20.2 Å². The Bertz CT molecular complexity index is 676. The maximum absolute atomic E-state index is 12.5. The number of rotatable bonds is 5. The zero-order chi connectivity index (χ0) is 17.0. The van der Waals surface area contributed by atoms with Gasteiger partial charge in [-0.1, -0.05) is 30.3 Å². The van der Waals surface area contributed by atoms with Crippen LogP contribution in [0.15, 0.2) is 35.7 Å². The van der Waals surface area contributed by atoms with Crippen molar-refractivity contribution in [3.8, 4) is 0 Å². The summed E-state index contributed by atoms with van der Waals surface area (Å²) in [5, 5.41) is 3.10. The minimum absolute atomic E-state index is 0.221. The SMILES string of the molecule is COC1(c2ccccc2)CCN(C(=O)CCc2csc(C)n2)CC1. The third-order valence-corrected chi connectivity index (χ3v) is 5.70. The Morgan fingerprint density at radius 1 is 1.29 bits per heavy atom. The van der Waals surface area contributed by atoms with Gasteiger partial charge in [0.05, 0.1) is 16.3 Å². The highest BCUT2D eigenvalue weighted by molar-refractivity contribution is 7.09. The number of methoxy groups -OCH3 is 1. The van der Waals surface area contributed by atoms with Crippen molar-refractivity contribution in [3.05, 3.63) is 52.0 Å². The molecule has 0 bridgehead atoms. The Kier molecular flexibility index (Phi) is 5.31. The minimum atomic E-state index is -0.260. The molecule has 0 spiro atoms. The van der Waals surface area contributed by atoms with Crippen LogP contribution < -0.4 is 0 Å². The fourth-order valence-electron chi connectivity index (χ4n) is 3.39. The monoisotopic (exact) mass is 344 g/mol. The summed E-state index contributed by atoms with van der Waals surface area (Å²) in [5.41, 5.74) is 1.97. The molecule has 0 atom stereocenters. The first-order chi connectivity index (χ1) is 11.6. The lowest BCUT2D eigenvalue weighted by atomic mass is 9.84. The van der Waals surface area contributed by atoms with E-state index in [4.69, 9.17) is 4.74 Å². The second kappa shape index (κ2) is 7.45. The Morgan fingerprint density at radius 3 is 2.58 bits per heavy atom. The van der Waals surface area contributed by atoms with Crippen LogP contribution in [-0.4, -0.2) is 36.0 Å². The number of likely N-dealkylation sites (tertiary alicyclic amines) is 1. The Hall–Kier alpha value is -1.72. The van der Waals surface area contributed by atoms with Crippen LogP contribution in [0.5, 0.6) is 0 Å². The predicted octanol–water partition coefficient (Wildman–Crippen LogP) is 3.55. The number of carbonyl (C=O) groups is 1. The number of hydrogen-bond acceptors (Lipinski definition) is 4. The van der Waals surface area contributed by atoms with Crippen LogP contribution in [0.2, 0.25) is 0 Å². The molecule has 0 saturated carbocycles. The molecule has 4 nitrogen and oxygen atoms in total. The molecular weight excluding hydrogens is 320 g/mol. The first kappa shape index (κ1) is 17.1. The molecule has 1 saturated heterocycles. The van der Waals surface area contributed by atoms with E-state index in [0.717, 1.165) is 43.1 Å². The molecule has 1 amide bonds. The van der Waals surface area contributed by atoms with Crippen LogP contribution in [0.4, 0.5) is 0 Å². The lowest BCUT2D eigenvalue weighted by Gasteiger charge is -2.41. The molecule has 1 aromatic carbocycles. The quantitative estimate of drug-likeness (QED) is 0.833. The highest BCUT2D eigenvalue weighted by atomic mass is 32.1. The van der Waals surface area contributed by atoms with Gasteiger partial charge in [0.1, 0.15) is 0 Å². The molecular formula is C19H24N2O2S. The van der Waals surface area contributed by atoms with Gasteiger partial charge in [-0.25, -0.2) is 4.98 Å². The van der Waals surface area contributed by atoms with Gasteiger partial charge in [-0.3, -0.25) is 4.79 Å². The number of amides is 1. The molecule has 24 heavy (non-hydrogen) atoms. The van der Waals surface area contributed by atoms with Crippen molar-refractivity contribution in [3.63, 3.8) is 0 Å². The second-order valence-electron chi connectivity index (χ2n) is 6.30. The fourth-order valence-corrected chi connectivity index (χ4v) is 4.03. The molecule has 0 unspecified atom stereocenters. The van der Waals surface area contributed by atoms with Gasteiger partial charge in [0.2, 0.25) is 5.91 Å². The first-order valence-corrected chi connectivity index (χ1v) is 9.30. The van der Waals surface area contributed by atoms with Crippen molar-refractivity contribution >= 4 is 17.2 Å². The molecule has 1 aliphatic heterocycles. The Balaban J connectivity index is 1.56. The van der Waals surface area contributed by atoms with E-state index >= 15 is 0 Å². The predicted molar refractivity (Wildman–Crippen MR) is 96.1 cm³/mol. The van der Waals surface area contributed by atoms with Gasteiger partial charge < -0.3 is 9.64 Å². The van der Waals surface area contributed by atoms with Crippen LogP contribution in [-0.2, 0) is 21.6 Å². The number of hydrogen-bond donors (Lipinski definition) is 0. The van der Waals surface area contributed by atoms with E-state index in [0.29, 0.717) is 6.42 Å². The molecule has 0 aliphatic carbocycles. The Morgan fingerprint density at radius 2 is 2.00 bits per heavy atom. The number of ether oxygens (including phenoxy) is 1. The summed E-state index contributed by atoms with van der Waals surface area (Å²) in [6, 6.07) is 10.3. The van der Waals surface area contributed by atoms with E-state index in [1.54, 1.807) is 18.4 Å². The topological polar surface area (TPSA) is 42.4 Å². The summed E-state index contributed by atoms with van der Waals surface area (Å²) in [6.07, 6.45) is 2.95. The maximum atomic E-state index is 12.5. The van der Waals surface area contributed by atoms with Crippen LogP contribution in [0, 0.1) is 6.92 Å². The largest absolute Gasteiger partial charge is 0.373 e. The van der Waals surface area contributed by atoms with Crippen molar-refractivity contribution in [2.24, 2.45) is 0 Å². The summed E-state index contributed by atoms with van der Waals surface area (Å²) >= 11 is 1.64. The van der Waals surface area contributed by atoms with Crippen LogP contribution in [0.3, 0.4) is 0 Å². The zero-order valence-corrected chi connectivity index (χ0v) is 15.1. The summed E-state index contributed by atoms with van der Waals surface area (Å²) in [4.78, 5) is 18.9. The van der Waals surface area contributed by atoms with Crippen molar-refractivity contribution in [2.45, 2.75) is 38.2 Å². The molecule has 1 fully saturated rings. The van der Waals surface area contributed by atoms with Gasteiger partial charge in [0.15, 0.2) is 0 Å². The normalized spacial score (nSPS) is 17.0. The van der Waals surface area contributed by atoms with Gasteiger partial charge in [0.25, 0.3) is 0 Å². The molecule has 5 heteroatoms. The maximum Gasteiger partial charge on any atom is 0.222 e. The third kappa shape index (κ3) is 3.68. The van der Waals surface area contributed by atoms with Crippen LogP contribution in [0.1, 0.15) is 35.5 Å².